The maximum absolute atomic E-state index is 11.9. The Kier molecular flexibility index (Phi) is 3.27. The van der Waals surface area contributed by atoms with Crippen molar-refractivity contribution in [1.82, 2.24) is 4.90 Å². The summed E-state index contributed by atoms with van der Waals surface area (Å²) in [6, 6.07) is 0. The highest BCUT2D eigenvalue weighted by Crippen LogP contribution is 2.28. The molecule has 0 aliphatic carbocycles. The fraction of sp³-hybridized carbons (Fsp3) is 0.889. The molecule has 0 aromatic carbocycles. The van der Waals surface area contributed by atoms with Crippen LogP contribution < -0.4 is 5.73 Å². The van der Waals surface area contributed by atoms with Crippen molar-refractivity contribution < 1.29 is 9.53 Å². The molecule has 1 heterocycles. The Morgan fingerprint density at radius 2 is 2.00 bits per heavy atom. The van der Waals surface area contributed by atoms with Crippen LogP contribution in [0.4, 0.5) is 0 Å². The van der Waals surface area contributed by atoms with Gasteiger partial charge < -0.3 is 15.4 Å². The molecule has 4 nitrogen and oxygen atoms in total. The predicted molar refractivity (Wildman–Crippen MR) is 50.2 cm³/mol. The van der Waals surface area contributed by atoms with E-state index < -0.39 is 5.41 Å². The lowest BCUT2D eigenvalue weighted by Crippen LogP contribution is -2.59. The number of nitrogens with zero attached hydrogens (tertiary/aromatic N) is 1. The Balaban J connectivity index is 2.63. The third kappa shape index (κ3) is 1.69. The third-order valence-corrected chi connectivity index (χ3v) is 2.65. The zero-order valence-corrected chi connectivity index (χ0v) is 8.38. The van der Waals surface area contributed by atoms with Crippen LogP contribution in [0.5, 0.6) is 0 Å². The minimum atomic E-state index is -0.411. The Hall–Kier alpha value is -0.610. The van der Waals surface area contributed by atoms with E-state index in [-0.39, 0.29) is 5.91 Å². The smallest absolute Gasteiger partial charge is 0.234 e. The van der Waals surface area contributed by atoms with Gasteiger partial charge in [-0.05, 0) is 13.8 Å². The molecule has 1 saturated heterocycles. The van der Waals surface area contributed by atoms with Crippen molar-refractivity contribution in [2.75, 3.05) is 32.8 Å². The van der Waals surface area contributed by atoms with Crippen LogP contribution in [0, 0.1) is 5.41 Å². The number of amides is 1. The van der Waals surface area contributed by atoms with Crippen molar-refractivity contribution >= 4 is 5.91 Å². The van der Waals surface area contributed by atoms with E-state index in [1.54, 1.807) is 0 Å². The topological polar surface area (TPSA) is 55.6 Å². The molecule has 0 unspecified atom stereocenters. The molecule has 1 amide bonds. The molecule has 0 bridgehead atoms. The van der Waals surface area contributed by atoms with Crippen molar-refractivity contribution in [2.24, 2.45) is 11.1 Å². The Labute approximate surface area is 79.0 Å². The van der Waals surface area contributed by atoms with Gasteiger partial charge in [0.25, 0.3) is 0 Å². The summed E-state index contributed by atoms with van der Waals surface area (Å²) in [6.07, 6.45) is 0. The van der Waals surface area contributed by atoms with Gasteiger partial charge in [0.05, 0.1) is 13.2 Å². The summed E-state index contributed by atoms with van der Waals surface area (Å²) < 4.78 is 5.06. The molecule has 76 valence electrons. The Bertz CT molecular complexity index is 181. The second-order valence-electron chi connectivity index (χ2n) is 3.45. The second kappa shape index (κ2) is 4.07. The Morgan fingerprint density at radius 3 is 2.23 bits per heavy atom. The molecule has 0 spiro atoms. The van der Waals surface area contributed by atoms with Crippen molar-refractivity contribution in [3.63, 3.8) is 0 Å². The van der Waals surface area contributed by atoms with Crippen LogP contribution in [0.25, 0.3) is 0 Å². The van der Waals surface area contributed by atoms with Gasteiger partial charge in [-0.2, -0.15) is 0 Å². The van der Waals surface area contributed by atoms with E-state index in [2.05, 4.69) is 0 Å². The minimum absolute atomic E-state index is 0.145. The number of rotatable bonds is 4. The van der Waals surface area contributed by atoms with E-state index in [0.717, 1.165) is 13.1 Å². The normalized spacial score (nSPS) is 19.3. The molecule has 2 N–H and O–H groups in total. The van der Waals surface area contributed by atoms with Gasteiger partial charge in [0.2, 0.25) is 5.91 Å². The van der Waals surface area contributed by atoms with E-state index in [1.807, 2.05) is 18.7 Å². The number of hydrogen-bond acceptors (Lipinski definition) is 3. The summed E-state index contributed by atoms with van der Waals surface area (Å²) in [5.41, 5.74) is 5.18. The largest absolute Gasteiger partial charge is 0.379 e. The maximum Gasteiger partial charge on any atom is 0.234 e. The number of carbonyl (C=O) groups excluding carboxylic acids is 1. The Morgan fingerprint density at radius 1 is 1.46 bits per heavy atom. The predicted octanol–water partition coefficient (Wildman–Crippen LogP) is -0.170. The SMILES string of the molecule is CCN(CC)C(=O)C1(CN)COC1. The van der Waals surface area contributed by atoms with Gasteiger partial charge in [0, 0.05) is 19.6 Å². The lowest BCUT2D eigenvalue weighted by molar-refractivity contribution is -0.170. The zero-order valence-electron chi connectivity index (χ0n) is 8.38. The van der Waals surface area contributed by atoms with E-state index >= 15 is 0 Å². The highest BCUT2D eigenvalue weighted by atomic mass is 16.5. The number of ether oxygens (including phenoxy) is 1. The summed E-state index contributed by atoms with van der Waals surface area (Å²) >= 11 is 0. The van der Waals surface area contributed by atoms with E-state index in [9.17, 15) is 4.79 Å². The van der Waals surface area contributed by atoms with Gasteiger partial charge in [0.15, 0.2) is 0 Å². The summed E-state index contributed by atoms with van der Waals surface area (Å²) in [7, 11) is 0. The quantitative estimate of drug-likeness (QED) is 0.663. The second-order valence-corrected chi connectivity index (χ2v) is 3.45. The number of carbonyl (C=O) groups is 1. The summed E-state index contributed by atoms with van der Waals surface area (Å²) in [5.74, 6) is 0.145. The molecule has 0 radical (unpaired) electrons. The highest BCUT2D eigenvalue weighted by molar-refractivity contribution is 5.84. The molecule has 1 aliphatic heterocycles. The van der Waals surface area contributed by atoms with Crippen molar-refractivity contribution in [1.29, 1.82) is 0 Å². The first-order valence-electron chi connectivity index (χ1n) is 4.77. The lowest BCUT2D eigenvalue weighted by Gasteiger charge is -2.41. The summed E-state index contributed by atoms with van der Waals surface area (Å²) in [6.45, 7) is 6.81. The van der Waals surface area contributed by atoms with Crippen LogP contribution in [0.2, 0.25) is 0 Å². The minimum Gasteiger partial charge on any atom is -0.379 e. The fourth-order valence-corrected chi connectivity index (χ4v) is 1.52. The van der Waals surface area contributed by atoms with Crippen LogP contribution in [-0.4, -0.2) is 43.7 Å². The van der Waals surface area contributed by atoms with Gasteiger partial charge in [0.1, 0.15) is 5.41 Å². The van der Waals surface area contributed by atoms with Gasteiger partial charge in [-0.1, -0.05) is 0 Å². The first-order valence-corrected chi connectivity index (χ1v) is 4.77. The fourth-order valence-electron chi connectivity index (χ4n) is 1.52. The maximum atomic E-state index is 11.9. The molecule has 1 aliphatic rings. The first-order chi connectivity index (χ1) is 6.20. The van der Waals surface area contributed by atoms with Crippen LogP contribution in [0.3, 0.4) is 0 Å². The molecule has 1 fully saturated rings. The summed E-state index contributed by atoms with van der Waals surface area (Å²) in [5, 5.41) is 0. The molecule has 0 saturated carbocycles. The number of hydrogen-bond donors (Lipinski definition) is 1. The molecular formula is C9H18N2O2. The van der Waals surface area contributed by atoms with Gasteiger partial charge >= 0.3 is 0 Å². The zero-order chi connectivity index (χ0) is 9.90. The number of nitrogens with two attached hydrogens (primary N) is 1. The molecule has 13 heavy (non-hydrogen) atoms. The van der Waals surface area contributed by atoms with Crippen molar-refractivity contribution in [2.45, 2.75) is 13.8 Å². The van der Waals surface area contributed by atoms with Crippen LogP contribution in [-0.2, 0) is 9.53 Å². The average Bonchev–Trinajstić information content (AvgIpc) is 2.05. The van der Waals surface area contributed by atoms with Crippen molar-refractivity contribution in [3.8, 4) is 0 Å². The molecule has 0 aromatic rings. The summed E-state index contributed by atoms with van der Waals surface area (Å²) in [4.78, 5) is 13.7. The average molecular weight is 186 g/mol. The third-order valence-electron chi connectivity index (χ3n) is 2.65. The van der Waals surface area contributed by atoms with Crippen molar-refractivity contribution in [3.05, 3.63) is 0 Å². The molecule has 4 heteroatoms. The van der Waals surface area contributed by atoms with E-state index in [0.29, 0.717) is 19.8 Å². The molecule has 1 rings (SSSR count). The molecular weight excluding hydrogens is 168 g/mol. The van der Waals surface area contributed by atoms with Gasteiger partial charge in [-0.15, -0.1) is 0 Å². The monoisotopic (exact) mass is 186 g/mol. The first kappa shape index (κ1) is 10.5. The molecule has 0 atom stereocenters. The van der Waals surface area contributed by atoms with Crippen LogP contribution in [0.15, 0.2) is 0 Å². The van der Waals surface area contributed by atoms with E-state index in [1.165, 1.54) is 0 Å². The lowest BCUT2D eigenvalue weighted by atomic mass is 9.84. The van der Waals surface area contributed by atoms with Gasteiger partial charge in [-0.3, -0.25) is 4.79 Å². The van der Waals surface area contributed by atoms with Gasteiger partial charge in [-0.25, -0.2) is 0 Å². The van der Waals surface area contributed by atoms with E-state index in [4.69, 9.17) is 10.5 Å². The van der Waals surface area contributed by atoms with Crippen LogP contribution >= 0.6 is 0 Å². The molecule has 0 aromatic heterocycles. The highest BCUT2D eigenvalue weighted by Gasteiger charge is 2.46. The standard InChI is InChI=1S/C9H18N2O2/c1-3-11(4-2)8(12)9(5-10)6-13-7-9/h3-7,10H2,1-2H3. The van der Waals surface area contributed by atoms with Crippen LogP contribution in [0.1, 0.15) is 13.8 Å².